The quantitative estimate of drug-likeness (QED) is 0.241. The molecule has 1 heterocycles. The van der Waals surface area contributed by atoms with Crippen molar-refractivity contribution in [3.63, 3.8) is 0 Å². The minimum Gasteiger partial charge on any atom is -0.426 e. The molecule has 3 aliphatic rings. The van der Waals surface area contributed by atoms with Gasteiger partial charge >= 0.3 is 5.97 Å². The molecule has 2 heteroatoms. The molecule has 0 bridgehead atoms. The monoisotopic (exact) mass is 422 g/mol. The molecule has 2 aliphatic carbocycles. The Kier molecular flexibility index (Phi) is 7.91. The van der Waals surface area contributed by atoms with E-state index in [0.29, 0.717) is 5.92 Å². The SMILES string of the molecule is C=CCCC1CCC(CCC2CCC(c3ccc4c(c3)OC(=O)C(CC)C4)CC2)CC1. The van der Waals surface area contributed by atoms with Crippen molar-refractivity contribution >= 4 is 5.97 Å². The smallest absolute Gasteiger partial charge is 0.314 e. The zero-order valence-electron chi connectivity index (χ0n) is 19.6. The minimum absolute atomic E-state index is 0.0365. The van der Waals surface area contributed by atoms with Crippen LogP contribution in [-0.4, -0.2) is 5.97 Å². The standard InChI is InChI=1S/C29H42O2/c1-3-5-6-21-7-9-22(10-8-21)11-12-23-13-15-25(16-14-23)26-17-18-27-19-24(4-2)29(30)31-28(27)20-26/h3,17-18,20-25H,1,4-16,19H2,2H3. The van der Waals surface area contributed by atoms with Crippen molar-refractivity contribution in [2.75, 3.05) is 0 Å². The maximum atomic E-state index is 12.2. The summed E-state index contributed by atoms with van der Waals surface area (Å²) >= 11 is 0. The first kappa shape index (κ1) is 22.6. The Balaban J connectivity index is 1.20. The molecule has 0 radical (unpaired) electrons. The van der Waals surface area contributed by atoms with Crippen molar-refractivity contribution in [2.45, 2.75) is 103 Å². The first-order valence-electron chi connectivity index (χ1n) is 13.1. The number of hydrogen-bond donors (Lipinski definition) is 0. The molecule has 1 aromatic carbocycles. The largest absolute Gasteiger partial charge is 0.426 e. The molecule has 0 saturated heterocycles. The van der Waals surface area contributed by atoms with Gasteiger partial charge in [0.25, 0.3) is 0 Å². The van der Waals surface area contributed by atoms with Gasteiger partial charge in [-0.25, -0.2) is 0 Å². The number of benzene rings is 1. The predicted octanol–water partition coefficient (Wildman–Crippen LogP) is 8.00. The molecule has 4 rings (SSSR count). The van der Waals surface area contributed by atoms with Crippen LogP contribution >= 0.6 is 0 Å². The van der Waals surface area contributed by atoms with Gasteiger partial charge in [-0.1, -0.05) is 63.7 Å². The van der Waals surface area contributed by atoms with Gasteiger partial charge in [0.15, 0.2) is 0 Å². The van der Waals surface area contributed by atoms with Gasteiger partial charge in [-0.3, -0.25) is 4.79 Å². The van der Waals surface area contributed by atoms with Gasteiger partial charge in [0.2, 0.25) is 0 Å². The van der Waals surface area contributed by atoms with Crippen LogP contribution in [0.5, 0.6) is 5.75 Å². The summed E-state index contributed by atoms with van der Waals surface area (Å²) in [6.45, 7) is 5.94. The summed E-state index contributed by atoms with van der Waals surface area (Å²) in [6, 6.07) is 6.70. The molecule has 31 heavy (non-hydrogen) atoms. The second-order valence-corrected chi connectivity index (χ2v) is 10.6. The number of fused-ring (bicyclic) bond motifs is 1. The molecule has 170 valence electrons. The number of carbonyl (C=O) groups excluding carboxylic acids is 1. The fourth-order valence-corrected chi connectivity index (χ4v) is 6.36. The Labute approximate surface area is 189 Å². The van der Waals surface area contributed by atoms with Crippen LogP contribution in [-0.2, 0) is 11.2 Å². The summed E-state index contributed by atoms with van der Waals surface area (Å²) in [4.78, 5) is 12.2. The molecular weight excluding hydrogens is 380 g/mol. The molecule has 2 nitrogen and oxygen atoms in total. The Morgan fingerprint density at radius 2 is 1.55 bits per heavy atom. The highest BCUT2D eigenvalue weighted by Gasteiger charge is 2.29. The van der Waals surface area contributed by atoms with Crippen LogP contribution in [0.3, 0.4) is 0 Å². The maximum Gasteiger partial charge on any atom is 0.314 e. The molecule has 1 aliphatic heterocycles. The van der Waals surface area contributed by atoms with E-state index in [0.717, 1.165) is 36.3 Å². The van der Waals surface area contributed by atoms with Gasteiger partial charge in [0, 0.05) is 0 Å². The second kappa shape index (κ2) is 10.8. The number of hydrogen-bond acceptors (Lipinski definition) is 2. The summed E-state index contributed by atoms with van der Waals surface area (Å²) in [7, 11) is 0. The van der Waals surface area contributed by atoms with Crippen LogP contribution in [0.15, 0.2) is 30.9 Å². The Morgan fingerprint density at radius 1 is 0.935 bits per heavy atom. The molecular formula is C29H42O2. The Bertz CT molecular complexity index is 735. The Hall–Kier alpha value is -1.57. The lowest BCUT2D eigenvalue weighted by Crippen LogP contribution is -2.27. The van der Waals surface area contributed by atoms with Crippen molar-refractivity contribution in [3.8, 4) is 5.75 Å². The lowest BCUT2D eigenvalue weighted by molar-refractivity contribution is -0.140. The topological polar surface area (TPSA) is 26.3 Å². The van der Waals surface area contributed by atoms with E-state index >= 15 is 0 Å². The fraction of sp³-hybridized carbons (Fsp3) is 0.690. The van der Waals surface area contributed by atoms with Crippen LogP contribution in [0.4, 0.5) is 0 Å². The molecule has 0 spiro atoms. The number of esters is 1. The second-order valence-electron chi connectivity index (χ2n) is 10.6. The van der Waals surface area contributed by atoms with Crippen LogP contribution in [0.25, 0.3) is 0 Å². The van der Waals surface area contributed by atoms with E-state index < -0.39 is 0 Å². The summed E-state index contributed by atoms with van der Waals surface area (Å²) in [5.74, 6) is 4.35. The lowest BCUT2D eigenvalue weighted by atomic mass is 9.74. The summed E-state index contributed by atoms with van der Waals surface area (Å²) in [5.41, 5.74) is 2.60. The van der Waals surface area contributed by atoms with Crippen molar-refractivity contribution < 1.29 is 9.53 Å². The zero-order valence-corrected chi connectivity index (χ0v) is 19.6. The number of rotatable bonds is 8. The van der Waals surface area contributed by atoms with Crippen LogP contribution < -0.4 is 4.74 Å². The summed E-state index contributed by atoms with van der Waals surface area (Å²) < 4.78 is 5.68. The average molecular weight is 423 g/mol. The van der Waals surface area contributed by atoms with Crippen molar-refractivity contribution in [2.24, 2.45) is 23.7 Å². The lowest BCUT2D eigenvalue weighted by Gasteiger charge is -2.32. The highest BCUT2D eigenvalue weighted by atomic mass is 16.5. The number of carbonyl (C=O) groups is 1. The fourth-order valence-electron chi connectivity index (χ4n) is 6.36. The van der Waals surface area contributed by atoms with E-state index in [-0.39, 0.29) is 11.9 Å². The molecule has 1 unspecified atom stereocenters. The predicted molar refractivity (Wildman–Crippen MR) is 128 cm³/mol. The molecule has 2 saturated carbocycles. The van der Waals surface area contributed by atoms with Gasteiger partial charge < -0.3 is 4.74 Å². The molecule has 2 fully saturated rings. The normalized spacial score (nSPS) is 31.0. The van der Waals surface area contributed by atoms with Crippen LogP contribution in [0, 0.1) is 23.7 Å². The van der Waals surface area contributed by atoms with Crippen molar-refractivity contribution in [1.82, 2.24) is 0 Å². The van der Waals surface area contributed by atoms with E-state index in [2.05, 4.69) is 37.8 Å². The molecule has 0 aromatic heterocycles. The van der Waals surface area contributed by atoms with Crippen molar-refractivity contribution in [1.29, 1.82) is 0 Å². The van der Waals surface area contributed by atoms with E-state index in [1.54, 1.807) is 0 Å². The van der Waals surface area contributed by atoms with Crippen LogP contribution in [0.1, 0.15) is 107 Å². The third-order valence-electron chi connectivity index (χ3n) is 8.64. The zero-order chi connectivity index (χ0) is 21.6. The Morgan fingerprint density at radius 3 is 2.16 bits per heavy atom. The highest BCUT2D eigenvalue weighted by Crippen LogP contribution is 2.42. The third kappa shape index (κ3) is 5.82. The van der Waals surface area contributed by atoms with Gasteiger partial charge in [-0.2, -0.15) is 0 Å². The number of ether oxygens (including phenoxy) is 1. The third-order valence-corrected chi connectivity index (χ3v) is 8.64. The molecule has 0 amide bonds. The molecule has 1 aromatic rings. The van der Waals surface area contributed by atoms with Gasteiger partial charge in [0.1, 0.15) is 5.75 Å². The van der Waals surface area contributed by atoms with Crippen molar-refractivity contribution in [3.05, 3.63) is 42.0 Å². The minimum atomic E-state index is -0.0365. The number of allylic oxidation sites excluding steroid dienone is 1. The average Bonchev–Trinajstić information content (AvgIpc) is 2.81. The summed E-state index contributed by atoms with van der Waals surface area (Å²) in [5, 5.41) is 0. The van der Waals surface area contributed by atoms with E-state index in [1.807, 2.05) is 0 Å². The molecule has 0 N–H and O–H groups in total. The summed E-state index contributed by atoms with van der Waals surface area (Å²) in [6.07, 6.45) is 20.4. The van der Waals surface area contributed by atoms with Gasteiger partial charge in [-0.05, 0) is 92.2 Å². The first-order chi connectivity index (χ1) is 15.2. The maximum absolute atomic E-state index is 12.2. The molecule has 1 atom stereocenters. The van der Waals surface area contributed by atoms with Gasteiger partial charge in [-0.15, -0.1) is 6.58 Å². The van der Waals surface area contributed by atoms with E-state index in [4.69, 9.17) is 4.74 Å². The van der Waals surface area contributed by atoms with Gasteiger partial charge in [0.05, 0.1) is 5.92 Å². The van der Waals surface area contributed by atoms with E-state index in [1.165, 1.54) is 88.2 Å². The highest BCUT2D eigenvalue weighted by molar-refractivity contribution is 5.78. The van der Waals surface area contributed by atoms with E-state index in [9.17, 15) is 4.79 Å². The first-order valence-corrected chi connectivity index (χ1v) is 13.1. The van der Waals surface area contributed by atoms with Crippen LogP contribution in [0.2, 0.25) is 0 Å².